The van der Waals surface area contributed by atoms with Gasteiger partial charge in [0.25, 0.3) is 0 Å². The number of nitrogens with one attached hydrogen (secondary N) is 1. The molecule has 0 amide bonds. The Morgan fingerprint density at radius 1 is 1.19 bits per heavy atom. The highest BCUT2D eigenvalue weighted by Crippen LogP contribution is 2.19. The van der Waals surface area contributed by atoms with Gasteiger partial charge in [0.05, 0.1) is 25.1 Å². The topological polar surface area (TPSA) is 69.2 Å². The van der Waals surface area contributed by atoms with Crippen LogP contribution in [0.5, 0.6) is 5.88 Å². The molecule has 7 heteroatoms. The number of hydrogen-bond acceptors (Lipinski definition) is 6. The Bertz CT molecular complexity index is 588. The summed E-state index contributed by atoms with van der Waals surface area (Å²) in [6.45, 7) is 1.50. The molecule has 0 atom stereocenters. The molecule has 0 aromatic carbocycles. The van der Waals surface area contributed by atoms with Crippen molar-refractivity contribution in [2.45, 2.75) is 18.9 Å². The van der Waals surface area contributed by atoms with Gasteiger partial charge in [-0.2, -0.15) is 0 Å². The first-order valence-electron chi connectivity index (χ1n) is 6.75. The van der Waals surface area contributed by atoms with Crippen LogP contribution in [0.15, 0.2) is 30.6 Å². The first kappa shape index (κ1) is 14.0. The zero-order valence-corrected chi connectivity index (χ0v) is 12.1. The molecule has 3 heterocycles. The predicted molar refractivity (Wildman–Crippen MR) is 79.0 cm³/mol. The molecule has 0 spiro atoms. The maximum atomic E-state index is 5.81. The van der Waals surface area contributed by atoms with Crippen LogP contribution in [0.1, 0.15) is 12.8 Å². The van der Waals surface area contributed by atoms with Gasteiger partial charge in [0.15, 0.2) is 0 Å². The molecule has 110 valence electrons. The molecule has 2 aromatic heterocycles. The van der Waals surface area contributed by atoms with Gasteiger partial charge in [0.2, 0.25) is 11.2 Å². The lowest BCUT2D eigenvalue weighted by Gasteiger charge is -2.22. The smallest absolute Gasteiger partial charge is 0.224 e. The molecule has 2 aromatic rings. The van der Waals surface area contributed by atoms with E-state index in [2.05, 4.69) is 20.3 Å². The van der Waals surface area contributed by atoms with Crippen LogP contribution in [0.2, 0.25) is 5.28 Å². The van der Waals surface area contributed by atoms with E-state index >= 15 is 0 Å². The normalized spacial score (nSPS) is 15.7. The van der Waals surface area contributed by atoms with Gasteiger partial charge >= 0.3 is 0 Å². The molecule has 0 aliphatic carbocycles. The molecule has 3 rings (SSSR count). The van der Waals surface area contributed by atoms with Gasteiger partial charge in [-0.25, -0.2) is 15.0 Å². The first-order valence-corrected chi connectivity index (χ1v) is 7.13. The van der Waals surface area contributed by atoms with Gasteiger partial charge in [0.1, 0.15) is 11.9 Å². The van der Waals surface area contributed by atoms with E-state index in [-0.39, 0.29) is 11.4 Å². The summed E-state index contributed by atoms with van der Waals surface area (Å²) in [5, 5.41) is 3.30. The van der Waals surface area contributed by atoms with Crippen molar-refractivity contribution in [3.63, 3.8) is 0 Å². The van der Waals surface area contributed by atoms with Gasteiger partial charge < -0.3 is 14.8 Å². The summed E-state index contributed by atoms with van der Waals surface area (Å²) in [4.78, 5) is 12.2. The average molecular weight is 307 g/mol. The monoisotopic (exact) mass is 306 g/mol. The standard InChI is InChI=1S/C14H15ClN4O2/c15-14-16-6-3-12(19-14)18-10-1-2-13(17-9-10)21-11-4-7-20-8-5-11/h1-3,6,9,11H,4-5,7-8H2,(H,16,18,19). The Hall–Kier alpha value is -1.92. The highest BCUT2D eigenvalue weighted by atomic mass is 35.5. The van der Waals surface area contributed by atoms with E-state index in [4.69, 9.17) is 21.1 Å². The number of nitrogens with zero attached hydrogens (tertiary/aromatic N) is 3. The minimum Gasteiger partial charge on any atom is -0.474 e. The van der Waals surface area contributed by atoms with Crippen molar-refractivity contribution in [3.8, 4) is 5.88 Å². The molecule has 0 saturated carbocycles. The molecular weight excluding hydrogens is 292 g/mol. The van der Waals surface area contributed by atoms with Crippen molar-refractivity contribution in [1.82, 2.24) is 15.0 Å². The zero-order valence-electron chi connectivity index (χ0n) is 11.3. The third-order valence-electron chi connectivity index (χ3n) is 3.09. The molecule has 1 saturated heterocycles. The second kappa shape index (κ2) is 6.69. The van der Waals surface area contributed by atoms with Gasteiger partial charge in [-0.15, -0.1) is 0 Å². The van der Waals surface area contributed by atoms with E-state index < -0.39 is 0 Å². The average Bonchev–Trinajstić information content (AvgIpc) is 2.50. The van der Waals surface area contributed by atoms with Gasteiger partial charge in [-0.1, -0.05) is 0 Å². The van der Waals surface area contributed by atoms with Crippen LogP contribution < -0.4 is 10.1 Å². The van der Waals surface area contributed by atoms with E-state index in [0.29, 0.717) is 11.7 Å². The minimum absolute atomic E-state index is 0.186. The minimum atomic E-state index is 0.186. The summed E-state index contributed by atoms with van der Waals surface area (Å²) in [6, 6.07) is 5.45. The Morgan fingerprint density at radius 2 is 2.05 bits per heavy atom. The van der Waals surface area contributed by atoms with Crippen molar-refractivity contribution < 1.29 is 9.47 Å². The fourth-order valence-corrected chi connectivity index (χ4v) is 2.19. The molecular formula is C14H15ClN4O2. The molecule has 0 bridgehead atoms. The number of anilines is 2. The highest BCUT2D eigenvalue weighted by Gasteiger charge is 2.15. The fraction of sp³-hybridized carbons (Fsp3) is 0.357. The number of hydrogen-bond donors (Lipinski definition) is 1. The van der Waals surface area contributed by atoms with E-state index in [0.717, 1.165) is 31.7 Å². The Kier molecular flexibility index (Phi) is 4.47. The number of halogens is 1. The van der Waals surface area contributed by atoms with Gasteiger partial charge in [0, 0.05) is 25.1 Å². The summed E-state index contributed by atoms with van der Waals surface area (Å²) in [5.41, 5.74) is 0.809. The van der Waals surface area contributed by atoms with Gasteiger partial charge in [-0.3, -0.25) is 0 Å². The number of ether oxygens (including phenoxy) is 2. The molecule has 1 N–H and O–H groups in total. The third kappa shape index (κ3) is 4.03. The second-order valence-corrected chi connectivity index (χ2v) is 4.99. The van der Waals surface area contributed by atoms with Crippen LogP contribution in [0, 0.1) is 0 Å². The molecule has 6 nitrogen and oxygen atoms in total. The SMILES string of the molecule is Clc1nccc(Nc2ccc(OC3CCOCC3)nc2)n1. The van der Waals surface area contributed by atoms with E-state index in [9.17, 15) is 0 Å². The Balaban J connectivity index is 1.61. The van der Waals surface area contributed by atoms with Crippen LogP contribution in [0.25, 0.3) is 0 Å². The first-order chi connectivity index (χ1) is 10.3. The van der Waals surface area contributed by atoms with Crippen LogP contribution in [-0.2, 0) is 4.74 Å². The maximum absolute atomic E-state index is 5.81. The molecule has 1 aliphatic heterocycles. The predicted octanol–water partition coefficient (Wildman–Crippen LogP) is 2.83. The van der Waals surface area contributed by atoms with Crippen molar-refractivity contribution >= 4 is 23.1 Å². The van der Waals surface area contributed by atoms with Crippen molar-refractivity contribution in [2.75, 3.05) is 18.5 Å². The van der Waals surface area contributed by atoms with Crippen molar-refractivity contribution in [3.05, 3.63) is 35.9 Å². The lowest BCUT2D eigenvalue weighted by molar-refractivity contribution is 0.0237. The Labute approximate surface area is 127 Å². The fourth-order valence-electron chi connectivity index (χ4n) is 2.04. The molecule has 0 radical (unpaired) electrons. The summed E-state index contributed by atoms with van der Waals surface area (Å²) >= 11 is 5.74. The maximum Gasteiger partial charge on any atom is 0.224 e. The number of rotatable bonds is 4. The van der Waals surface area contributed by atoms with Gasteiger partial charge in [-0.05, 0) is 23.7 Å². The van der Waals surface area contributed by atoms with Crippen LogP contribution >= 0.6 is 11.6 Å². The van der Waals surface area contributed by atoms with Crippen molar-refractivity contribution in [1.29, 1.82) is 0 Å². The van der Waals surface area contributed by atoms with Crippen LogP contribution in [0.3, 0.4) is 0 Å². The van der Waals surface area contributed by atoms with E-state index in [1.165, 1.54) is 0 Å². The van der Waals surface area contributed by atoms with Crippen molar-refractivity contribution in [2.24, 2.45) is 0 Å². The van der Waals surface area contributed by atoms with E-state index in [1.807, 2.05) is 12.1 Å². The zero-order chi connectivity index (χ0) is 14.5. The lowest BCUT2D eigenvalue weighted by Crippen LogP contribution is -2.26. The second-order valence-electron chi connectivity index (χ2n) is 4.65. The molecule has 21 heavy (non-hydrogen) atoms. The van der Waals surface area contributed by atoms with E-state index in [1.54, 1.807) is 18.5 Å². The largest absolute Gasteiger partial charge is 0.474 e. The summed E-state index contributed by atoms with van der Waals surface area (Å²) in [5.74, 6) is 1.24. The van der Waals surface area contributed by atoms with Crippen LogP contribution in [0.4, 0.5) is 11.5 Å². The molecule has 1 fully saturated rings. The summed E-state index contributed by atoms with van der Waals surface area (Å²) in [6.07, 6.45) is 5.28. The molecule has 1 aliphatic rings. The Morgan fingerprint density at radius 3 is 2.76 bits per heavy atom. The lowest BCUT2D eigenvalue weighted by atomic mass is 10.1. The highest BCUT2D eigenvalue weighted by molar-refractivity contribution is 6.28. The quantitative estimate of drug-likeness (QED) is 0.876. The summed E-state index contributed by atoms with van der Waals surface area (Å²) in [7, 11) is 0. The summed E-state index contributed by atoms with van der Waals surface area (Å²) < 4.78 is 11.1. The number of aromatic nitrogens is 3. The molecule has 0 unspecified atom stereocenters. The number of pyridine rings is 1. The third-order valence-corrected chi connectivity index (χ3v) is 3.27. The van der Waals surface area contributed by atoms with Crippen LogP contribution in [-0.4, -0.2) is 34.3 Å².